The average molecular weight is 275 g/mol. The van der Waals surface area contributed by atoms with Gasteiger partial charge in [-0.3, -0.25) is 0 Å². The van der Waals surface area contributed by atoms with Gasteiger partial charge in [-0.1, -0.05) is 79.9 Å². The van der Waals surface area contributed by atoms with Crippen LogP contribution in [-0.4, -0.2) is 0 Å². The molecule has 2 aromatic rings. The third kappa shape index (κ3) is 2.59. The van der Waals surface area contributed by atoms with E-state index in [1.54, 1.807) is 0 Å². The molecule has 106 valence electrons. The van der Waals surface area contributed by atoms with Crippen LogP contribution in [0.15, 0.2) is 60.7 Å². The first-order chi connectivity index (χ1) is 10.4. The molecule has 3 rings (SSSR count). The molecule has 2 unspecified atom stereocenters. The van der Waals surface area contributed by atoms with E-state index in [4.69, 9.17) is 0 Å². The van der Waals surface area contributed by atoms with E-state index >= 15 is 0 Å². The molecule has 2 atom stereocenters. The highest BCUT2D eigenvalue weighted by atomic mass is 14.5. The fourth-order valence-corrected chi connectivity index (χ4v) is 3.77. The zero-order valence-electron chi connectivity index (χ0n) is 12.3. The molecule has 1 saturated carbocycles. The molecule has 1 aliphatic rings. The number of hydrogen-bond donors (Lipinski definition) is 0. The number of rotatable bonds is 2. The van der Waals surface area contributed by atoms with Crippen LogP contribution in [0.4, 0.5) is 0 Å². The van der Waals surface area contributed by atoms with E-state index in [0.29, 0.717) is 5.92 Å². The molecule has 0 N–H and O–H groups in total. The quantitative estimate of drug-likeness (QED) is 0.691. The second kappa shape index (κ2) is 6.14. The normalized spacial score (nSPS) is 25.8. The molecule has 2 aromatic carbocycles. The summed E-state index contributed by atoms with van der Waals surface area (Å²) in [6.45, 7) is 0. The van der Waals surface area contributed by atoms with Gasteiger partial charge in [0.25, 0.3) is 0 Å². The third-order valence-electron chi connectivity index (χ3n) is 4.85. The fourth-order valence-electron chi connectivity index (χ4n) is 3.77. The zero-order valence-corrected chi connectivity index (χ0v) is 12.3. The smallest absolute Gasteiger partial charge is 0.0890 e. The lowest BCUT2D eigenvalue weighted by atomic mass is 9.66. The van der Waals surface area contributed by atoms with Crippen LogP contribution in [0.25, 0.3) is 0 Å². The summed E-state index contributed by atoms with van der Waals surface area (Å²) in [6, 6.07) is 23.7. The number of nitrogens with zero attached hydrogens (tertiary/aromatic N) is 1. The third-order valence-corrected chi connectivity index (χ3v) is 4.85. The highest BCUT2D eigenvalue weighted by molar-refractivity contribution is 5.40. The minimum atomic E-state index is -0.376. The van der Waals surface area contributed by atoms with Gasteiger partial charge in [-0.2, -0.15) is 5.26 Å². The van der Waals surface area contributed by atoms with Crippen molar-refractivity contribution >= 4 is 0 Å². The van der Waals surface area contributed by atoms with E-state index in [1.165, 1.54) is 24.0 Å². The van der Waals surface area contributed by atoms with Crippen molar-refractivity contribution in [2.45, 2.75) is 43.4 Å². The summed E-state index contributed by atoms with van der Waals surface area (Å²) in [6.07, 6.45) is 5.67. The Morgan fingerprint density at radius 3 is 2.19 bits per heavy atom. The lowest BCUT2D eigenvalue weighted by Gasteiger charge is -2.34. The van der Waals surface area contributed by atoms with Crippen molar-refractivity contribution in [3.63, 3.8) is 0 Å². The maximum absolute atomic E-state index is 10.1. The highest BCUT2D eigenvalue weighted by Crippen LogP contribution is 2.47. The minimum Gasteiger partial charge on any atom is -0.197 e. The molecular formula is C20H21N. The maximum atomic E-state index is 10.1. The molecular weight excluding hydrogens is 254 g/mol. The van der Waals surface area contributed by atoms with Gasteiger partial charge < -0.3 is 0 Å². The van der Waals surface area contributed by atoms with Gasteiger partial charge in [0, 0.05) is 5.92 Å². The van der Waals surface area contributed by atoms with Gasteiger partial charge >= 0.3 is 0 Å². The van der Waals surface area contributed by atoms with Crippen LogP contribution in [0.1, 0.15) is 49.1 Å². The first-order valence-electron chi connectivity index (χ1n) is 7.88. The largest absolute Gasteiger partial charge is 0.197 e. The van der Waals surface area contributed by atoms with Gasteiger partial charge in [0.1, 0.15) is 0 Å². The average Bonchev–Trinajstić information content (AvgIpc) is 2.79. The number of nitriles is 1. The Balaban J connectivity index is 2.12. The van der Waals surface area contributed by atoms with E-state index in [1.807, 2.05) is 6.07 Å². The molecule has 0 bridgehead atoms. The molecule has 1 aliphatic carbocycles. The Kier molecular flexibility index (Phi) is 4.06. The first kappa shape index (κ1) is 13.9. The Morgan fingerprint density at radius 2 is 1.52 bits per heavy atom. The summed E-state index contributed by atoms with van der Waals surface area (Å²) in [4.78, 5) is 0. The van der Waals surface area contributed by atoms with Crippen molar-refractivity contribution in [1.82, 2.24) is 0 Å². The lowest BCUT2D eigenvalue weighted by Crippen LogP contribution is -2.31. The van der Waals surface area contributed by atoms with Crippen LogP contribution < -0.4 is 0 Å². The van der Waals surface area contributed by atoms with Crippen LogP contribution in [0.2, 0.25) is 0 Å². The molecule has 21 heavy (non-hydrogen) atoms. The van der Waals surface area contributed by atoms with Crippen LogP contribution in [0, 0.1) is 11.3 Å². The monoisotopic (exact) mass is 275 g/mol. The van der Waals surface area contributed by atoms with Crippen LogP contribution >= 0.6 is 0 Å². The molecule has 0 aromatic heterocycles. The standard InChI is InChI=1S/C20H21N/c21-16-20(18-12-6-2-7-13-18)15-9-3-8-14-19(20)17-10-4-1-5-11-17/h1-2,4-7,10-13,19H,3,8-9,14-15H2. The van der Waals surface area contributed by atoms with E-state index < -0.39 is 0 Å². The van der Waals surface area contributed by atoms with E-state index in [-0.39, 0.29) is 5.41 Å². The van der Waals surface area contributed by atoms with Crippen molar-refractivity contribution < 1.29 is 0 Å². The Bertz CT molecular complexity index is 611. The highest BCUT2D eigenvalue weighted by Gasteiger charge is 2.42. The molecule has 0 heterocycles. The summed E-state index contributed by atoms with van der Waals surface area (Å²) in [5.41, 5.74) is 2.12. The van der Waals surface area contributed by atoms with Crippen molar-refractivity contribution in [2.24, 2.45) is 0 Å². The minimum absolute atomic E-state index is 0.300. The van der Waals surface area contributed by atoms with Gasteiger partial charge in [0.05, 0.1) is 11.5 Å². The van der Waals surface area contributed by atoms with Crippen LogP contribution in [0.5, 0.6) is 0 Å². The van der Waals surface area contributed by atoms with Gasteiger partial charge in [-0.15, -0.1) is 0 Å². The molecule has 1 nitrogen and oxygen atoms in total. The summed E-state index contributed by atoms with van der Waals surface area (Å²) in [7, 11) is 0. The van der Waals surface area contributed by atoms with Crippen molar-refractivity contribution in [3.8, 4) is 6.07 Å². The SMILES string of the molecule is N#CC1(c2ccccc2)CCCCCC1c1ccccc1. The number of benzene rings is 2. The van der Waals surface area contributed by atoms with Gasteiger partial charge in [0.2, 0.25) is 0 Å². The number of hydrogen-bond acceptors (Lipinski definition) is 1. The summed E-state index contributed by atoms with van der Waals surface area (Å²) in [5.74, 6) is 0.300. The summed E-state index contributed by atoms with van der Waals surface area (Å²) < 4.78 is 0. The van der Waals surface area contributed by atoms with Crippen LogP contribution in [-0.2, 0) is 5.41 Å². The van der Waals surface area contributed by atoms with Gasteiger partial charge in [-0.25, -0.2) is 0 Å². The predicted molar refractivity (Wildman–Crippen MR) is 86.0 cm³/mol. The zero-order chi connectivity index (χ0) is 14.5. The van der Waals surface area contributed by atoms with E-state index in [2.05, 4.69) is 60.7 Å². The molecule has 0 amide bonds. The van der Waals surface area contributed by atoms with Crippen molar-refractivity contribution in [3.05, 3.63) is 71.8 Å². The maximum Gasteiger partial charge on any atom is 0.0890 e. The van der Waals surface area contributed by atoms with E-state index in [0.717, 1.165) is 19.3 Å². The summed E-state index contributed by atoms with van der Waals surface area (Å²) >= 11 is 0. The topological polar surface area (TPSA) is 23.8 Å². The summed E-state index contributed by atoms with van der Waals surface area (Å²) in [5, 5.41) is 10.1. The Hall–Kier alpha value is -2.07. The van der Waals surface area contributed by atoms with Crippen molar-refractivity contribution in [1.29, 1.82) is 5.26 Å². The lowest BCUT2D eigenvalue weighted by molar-refractivity contribution is 0.409. The molecule has 0 radical (unpaired) electrons. The predicted octanol–water partition coefficient (Wildman–Crippen LogP) is 5.20. The molecule has 0 spiro atoms. The fraction of sp³-hybridized carbons (Fsp3) is 0.350. The van der Waals surface area contributed by atoms with Crippen molar-refractivity contribution in [2.75, 3.05) is 0 Å². The molecule has 0 saturated heterocycles. The second-order valence-electron chi connectivity index (χ2n) is 6.01. The second-order valence-corrected chi connectivity index (χ2v) is 6.01. The molecule has 0 aliphatic heterocycles. The van der Waals surface area contributed by atoms with Gasteiger partial charge in [-0.05, 0) is 24.0 Å². The molecule has 1 fully saturated rings. The Morgan fingerprint density at radius 1 is 0.857 bits per heavy atom. The van der Waals surface area contributed by atoms with Crippen LogP contribution in [0.3, 0.4) is 0 Å². The molecule has 1 heteroatoms. The first-order valence-corrected chi connectivity index (χ1v) is 7.88. The van der Waals surface area contributed by atoms with Gasteiger partial charge in [0.15, 0.2) is 0 Å². The van der Waals surface area contributed by atoms with E-state index in [9.17, 15) is 5.26 Å². The Labute approximate surface area is 127 Å².